The van der Waals surface area contributed by atoms with Gasteiger partial charge < -0.3 is 41.6 Å². The van der Waals surface area contributed by atoms with Gasteiger partial charge in [-0.15, -0.1) is 68.0 Å². The average molecular weight is 1210 g/mol. The molecule has 10 bridgehead atoms. The zero-order valence-electron chi connectivity index (χ0n) is 44.6. The van der Waals surface area contributed by atoms with E-state index in [1.807, 2.05) is 31.4 Å². The maximum atomic E-state index is 14.4. The predicted octanol–water partition coefficient (Wildman–Crippen LogP) is 9.32. The number of pyridine rings is 1. The molecular weight excluding hydrogens is 1150 g/mol. The van der Waals surface area contributed by atoms with Crippen molar-refractivity contribution >= 4 is 109 Å². The molecule has 9 rings (SSSR count). The molecule has 422 valence electrons. The zero-order valence-corrected chi connectivity index (χ0v) is 49.5. The van der Waals surface area contributed by atoms with Crippen molar-refractivity contribution in [3.05, 3.63) is 118 Å². The quantitative estimate of drug-likeness (QED) is 0.0529. The molecule has 0 aliphatic carbocycles. The van der Waals surface area contributed by atoms with Gasteiger partial charge in [-0.05, 0) is 49.9 Å². The van der Waals surface area contributed by atoms with Crippen molar-refractivity contribution in [2.45, 2.75) is 77.2 Å². The molecule has 1 aromatic carbocycles. The molecule has 7 aromatic heterocycles. The van der Waals surface area contributed by atoms with Crippen LogP contribution in [-0.4, -0.2) is 103 Å². The molecule has 0 saturated carbocycles. The van der Waals surface area contributed by atoms with Gasteiger partial charge in [0.1, 0.15) is 77.2 Å². The number of nitrogens with two attached hydrogens (primary N) is 1. The Hall–Kier alpha value is -7.08. The van der Waals surface area contributed by atoms with Gasteiger partial charge in [-0.25, -0.2) is 39.7 Å². The molecule has 27 heteroatoms. The van der Waals surface area contributed by atoms with Crippen LogP contribution in [0.3, 0.4) is 0 Å². The van der Waals surface area contributed by atoms with Crippen molar-refractivity contribution < 1.29 is 38.6 Å². The number of carbonyl (C=O) groups excluding carboxylic acids is 5. The lowest BCUT2D eigenvalue weighted by Gasteiger charge is -2.23. The van der Waals surface area contributed by atoms with Crippen LogP contribution >= 0.6 is 68.0 Å². The lowest BCUT2D eigenvalue weighted by molar-refractivity contribution is -0.122. The second kappa shape index (κ2) is 26.7. The molecule has 8 N–H and O–H groups in total. The van der Waals surface area contributed by atoms with Crippen LogP contribution in [0, 0.1) is 12.8 Å². The number of rotatable bonds is 13. The number of anilines is 1. The molecule has 8 heterocycles. The van der Waals surface area contributed by atoms with Crippen LogP contribution in [0.25, 0.3) is 49.1 Å². The number of ether oxygens (including phenoxy) is 2. The summed E-state index contributed by atoms with van der Waals surface area (Å²) in [7, 11) is 3.07. The summed E-state index contributed by atoms with van der Waals surface area (Å²) in [6.45, 7) is 10.7. The first-order valence-electron chi connectivity index (χ1n) is 25.6. The van der Waals surface area contributed by atoms with Crippen molar-refractivity contribution in [2.75, 3.05) is 39.2 Å². The Labute approximate surface area is 490 Å². The van der Waals surface area contributed by atoms with Crippen LogP contribution < -0.4 is 32.3 Å². The van der Waals surface area contributed by atoms with Gasteiger partial charge in [0.05, 0.1) is 53.5 Å². The summed E-state index contributed by atoms with van der Waals surface area (Å²) in [5, 5.41) is 36.1. The average Bonchev–Trinajstić information content (AvgIpc) is 4.38. The van der Waals surface area contributed by atoms with Gasteiger partial charge in [-0.3, -0.25) is 24.5 Å². The molecule has 0 spiro atoms. The highest BCUT2D eigenvalue weighted by Crippen LogP contribution is 2.41. The van der Waals surface area contributed by atoms with Crippen LogP contribution in [0.5, 0.6) is 0 Å². The Bertz CT molecular complexity index is 3570. The first-order chi connectivity index (χ1) is 39.1. The molecule has 81 heavy (non-hydrogen) atoms. The molecule has 1 aliphatic heterocycles. The van der Waals surface area contributed by atoms with Crippen molar-refractivity contribution in [3.8, 4) is 43.4 Å². The number of aliphatic hydroxyl groups is 1. The van der Waals surface area contributed by atoms with E-state index < -0.39 is 36.1 Å². The van der Waals surface area contributed by atoms with Crippen molar-refractivity contribution in [1.29, 1.82) is 0 Å². The number of carbonyl (C=O) groups is 5. The third-order valence-corrected chi connectivity index (χ3v) is 18.6. The van der Waals surface area contributed by atoms with E-state index in [1.165, 1.54) is 75.1 Å². The van der Waals surface area contributed by atoms with E-state index in [0.29, 0.717) is 93.2 Å². The monoisotopic (exact) mass is 1210 g/mol. The predicted molar refractivity (Wildman–Crippen MR) is 316 cm³/mol. The number of aliphatic hydroxyl groups excluding tert-OH is 1. The number of Topliss-reactive ketones (excluding diaryl/α,β-unsaturated/α-hetero) is 1. The molecule has 0 unspecified atom stereocenters. The smallest absolute Gasteiger partial charge is 0.412 e. The Morgan fingerprint density at radius 1 is 0.802 bits per heavy atom. The summed E-state index contributed by atoms with van der Waals surface area (Å²) in [5.41, 5.74) is 9.58. The number of hydrogen-bond donors (Lipinski definition) is 7. The van der Waals surface area contributed by atoms with Crippen LogP contribution in [0.1, 0.15) is 121 Å². The first kappa shape index (κ1) is 58.6. The van der Waals surface area contributed by atoms with Gasteiger partial charge in [0, 0.05) is 58.5 Å². The Morgan fingerprint density at radius 2 is 1.53 bits per heavy atom. The molecule has 0 saturated heterocycles. The second-order valence-corrected chi connectivity index (χ2v) is 24.7. The van der Waals surface area contributed by atoms with Crippen molar-refractivity contribution in [3.63, 3.8) is 0 Å². The summed E-state index contributed by atoms with van der Waals surface area (Å²) >= 11 is 7.63. The highest BCUT2D eigenvalue weighted by Gasteiger charge is 2.32. The molecule has 0 fully saturated rings. The van der Waals surface area contributed by atoms with Gasteiger partial charge >= 0.3 is 6.09 Å². The third-order valence-electron chi connectivity index (χ3n) is 12.8. The molecule has 4 amide bonds. The lowest BCUT2D eigenvalue weighted by atomic mass is 9.90. The minimum Gasteiger partial charge on any atom is -0.449 e. The normalized spacial score (nSPS) is 16.5. The maximum Gasteiger partial charge on any atom is 0.412 e. The highest BCUT2D eigenvalue weighted by atomic mass is 32.1. The Kier molecular flexibility index (Phi) is 19.3. The Morgan fingerprint density at radius 3 is 2.30 bits per heavy atom. The fourth-order valence-corrected chi connectivity index (χ4v) is 14.1. The largest absolute Gasteiger partial charge is 0.449 e. The molecule has 4 atom stereocenters. The SMILES string of the molecule is C=C1NCC(=O)N[C@@H]([C@@H](O)c2ccccc2)c2nc(cs2)-c2nc(cs2)-c2nc(-c3nc(NC(=O)OCCCCN)cs3)ccc2-c2nc(cs2)C(=O)N[C@@H](CC(=O)NC)c2nc(c(C)s2)C(=O)C[C@H](C(C)C)c2nc1c(COC)s2. The molecule has 8 aromatic rings. The highest BCUT2D eigenvalue weighted by molar-refractivity contribution is 7.15. The van der Waals surface area contributed by atoms with Gasteiger partial charge in [0.15, 0.2) is 5.78 Å². The molecule has 1 aliphatic rings. The van der Waals surface area contributed by atoms with Crippen LogP contribution in [-0.2, 0) is 25.7 Å². The van der Waals surface area contributed by atoms with Gasteiger partial charge in [0.2, 0.25) is 11.8 Å². The van der Waals surface area contributed by atoms with E-state index in [9.17, 15) is 29.1 Å². The van der Waals surface area contributed by atoms with E-state index in [0.717, 1.165) is 11.3 Å². The topological polar surface area (TPSA) is 300 Å². The number of benzene rings is 1. The fraction of sp³-hybridized carbons (Fsp3) is 0.333. The van der Waals surface area contributed by atoms with Crippen LogP contribution in [0.15, 0.2) is 70.6 Å². The number of unbranched alkanes of at least 4 members (excludes halogenated alkanes) is 1. The molecular formula is C54H57N13O8S6. The zero-order chi connectivity index (χ0) is 57.3. The summed E-state index contributed by atoms with van der Waals surface area (Å²) in [5.74, 6) is -1.76. The van der Waals surface area contributed by atoms with Crippen LogP contribution in [0.4, 0.5) is 10.6 Å². The van der Waals surface area contributed by atoms with E-state index in [1.54, 1.807) is 60.5 Å². The minimum absolute atomic E-state index is 0.0482. The first-order valence-corrected chi connectivity index (χ1v) is 30.7. The van der Waals surface area contributed by atoms with E-state index in [4.69, 9.17) is 45.1 Å². The number of aryl methyl sites for hydroxylation is 1. The van der Waals surface area contributed by atoms with E-state index >= 15 is 0 Å². The van der Waals surface area contributed by atoms with Gasteiger partial charge in [0.25, 0.3) is 5.91 Å². The summed E-state index contributed by atoms with van der Waals surface area (Å²) in [6.07, 6.45) is -0.619. The Balaban J connectivity index is 1.11. The molecule has 0 radical (unpaired) electrons. The van der Waals surface area contributed by atoms with Crippen LogP contribution in [0.2, 0.25) is 0 Å². The van der Waals surface area contributed by atoms with Crippen molar-refractivity contribution in [1.82, 2.24) is 56.2 Å². The molecule has 21 nitrogen and oxygen atoms in total. The number of fused-ring (bicyclic) bond motifs is 14. The van der Waals surface area contributed by atoms with Gasteiger partial charge in [-0.2, -0.15) is 0 Å². The van der Waals surface area contributed by atoms with Gasteiger partial charge in [-0.1, -0.05) is 50.8 Å². The number of nitrogens with zero attached hydrogens (tertiary/aromatic N) is 7. The number of aromatic nitrogens is 7. The lowest BCUT2D eigenvalue weighted by Crippen LogP contribution is -2.38. The number of ketones is 1. The number of amides is 4. The van der Waals surface area contributed by atoms with Crippen molar-refractivity contribution in [2.24, 2.45) is 11.7 Å². The minimum atomic E-state index is -1.20. The standard InChI is InChI=1S/C54H57N13O8S6/c1-26(2)31-18-37(68)43-28(4)80-52(67-43)33(19-40(69)56-5)59-47(72)35-23-76-48(61-35)30-14-15-32(50-63-39(25-79-50)64-54(73)75-17-11-10-16-55)58-44(30)34-22-77-51(60-34)36-24-78-53(62-36)45(46(71)29-12-8-7-9-13-29)65-41(70)20-57-27(3)42-38(21-74-6)81-49(31)66-42/h7-9,12-15,22-26,31,33,45-46,57,71H,3,10-11,16-21,55H2,1-2,4-6H3,(H,56,69)(H,59,72)(H,64,73)(H,65,70)/t31-,33+,45+,46+/m1/s1. The number of methoxy groups -OCH3 is 1. The summed E-state index contributed by atoms with van der Waals surface area (Å²) < 4.78 is 10.9. The number of thiazole rings is 6. The summed E-state index contributed by atoms with van der Waals surface area (Å²) in [4.78, 5) is 104. The fourth-order valence-electron chi connectivity index (χ4n) is 8.53. The maximum absolute atomic E-state index is 14.4. The van der Waals surface area contributed by atoms with E-state index in [-0.39, 0.29) is 73.3 Å². The summed E-state index contributed by atoms with van der Waals surface area (Å²) in [6, 6.07) is 10.6. The number of nitrogens with one attached hydrogen (secondary N) is 5. The second-order valence-electron chi connectivity index (χ2n) is 18.9. The third kappa shape index (κ3) is 14.0. The number of hydrogen-bond acceptors (Lipinski definition) is 23. The van der Waals surface area contributed by atoms with E-state index in [2.05, 4.69) is 38.1 Å².